The van der Waals surface area contributed by atoms with Crippen molar-refractivity contribution in [2.75, 3.05) is 6.54 Å². The molecule has 2 rings (SSSR count). The van der Waals surface area contributed by atoms with E-state index in [0.717, 1.165) is 5.69 Å². The van der Waals surface area contributed by atoms with Gasteiger partial charge in [-0.1, -0.05) is 0 Å². The maximum atomic E-state index is 11.9. The summed E-state index contributed by atoms with van der Waals surface area (Å²) in [6, 6.07) is 7.34. The molecule has 0 aliphatic heterocycles. The molecule has 0 bridgehead atoms. The molecule has 8 heteroatoms. The minimum atomic E-state index is -3.74. The standard InChI is InChI=1S/C13H16N4O3S/c1-10-6-8-17(16-10)9-7-15-13(18)11-2-4-12(5-3-11)21(14,19)20/h2-6,8H,7,9H2,1H3,(H,15,18)(H2,14,19,20). The van der Waals surface area contributed by atoms with Crippen LogP contribution in [0.25, 0.3) is 0 Å². The number of carbonyl (C=O) groups is 1. The van der Waals surface area contributed by atoms with Crippen LogP contribution in [0.1, 0.15) is 16.1 Å². The summed E-state index contributed by atoms with van der Waals surface area (Å²) in [5.74, 6) is -0.278. The number of rotatable bonds is 5. The van der Waals surface area contributed by atoms with Gasteiger partial charge in [-0.15, -0.1) is 0 Å². The topological polar surface area (TPSA) is 107 Å². The van der Waals surface area contributed by atoms with Crippen LogP contribution in [0, 0.1) is 6.92 Å². The van der Waals surface area contributed by atoms with Crippen molar-refractivity contribution >= 4 is 15.9 Å². The summed E-state index contributed by atoms with van der Waals surface area (Å²) in [4.78, 5) is 11.9. The van der Waals surface area contributed by atoms with Crippen LogP contribution in [0.4, 0.5) is 0 Å². The van der Waals surface area contributed by atoms with Crippen LogP contribution in [0.15, 0.2) is 41.4 Å². The minimum absolute atomic E-state index is 0.0222. The van der Waals surface area contributed by atoms with Crippen molar-refractivity contribution in [2.24, 2.45) is 5.14 Å². The molecule has 2 aromatic rings. The average Bonchev–Trinajstić information content (AvgIpc) is 2.83. The number of sulfonamides is 1. The Morgan fingerprint density at radius 1 is 1.29 bits per heavy atom. The fourth-order valence-electron chi connectivity index (χ4n) is 1.77. The first-order valence-electron chi connectivity index (χ1n) is 6.27. The van der Waals surface area contributed by atoms with Crippen LogP contribution in [-0.4, -0.2) is 30.7 Å². The van der Waals surface area contributed by atoms with E-state index in [1.807, 2.05) is 19.2 Å². The highest BCUT2D eigenvalue weighted by molar-refractivity contribution is 7.89. The SMILES string of the molecule is Cc1ccn(CCNC(=O)c2ccc(S(N)(=O)=O)cc2)n1. The molecule has 1 aromatic heterocycles. The summed E-state index contributed by atoms with van der Waals surface area (Å²) in [6.45, 7) is 2.88. The van der Waals surface area contributed by atoms with Gasteiger partial charge < -0.3 is 5.32 Å². The Bertz CT molecular complexity index is 735. The number of aromatic nitrogens is 2. The largest absolute Gasteiger partial charge is 0.350 e. The van der Waals surface area contributed by atoms with Crippen LogP contribution in [0.2, 0.25) is 0 Å². The number of nitrogens with two attached hydrogens (primary N) is 1. The van der Waals surface area contributed by atoms with E-state index in [1.165, 1.54) is 24.3 Å². The van der Waals surface area contributed by atoms with E-state index in [2.05, 4.69) is 10.4 Å². The third-order valence-electron chi connectivity index (χ3n) is 2.85. The smallest absolute Gasteiger partial charge is 0.251 e. The lowest BCUT2D eigenvalue weighted by Gasteiger charge is -2.06. The molecule has 1 aromatic carbocycles. The van der Waals surface area contributed by atoms with Crippen molar-refractivity contribution in [3.63, 3.8) is 0 Å². The average molecular weight is 308 g/mol. The number of nitrogens with zero attached hydrogens (tertiary/aromatic N) is 2. The molecule has 0 radical (unpaired) electrons. The number of aryl methyl sites for hydroxylation is 1. The summed E-state index contributed by atoms with van der Waals surface area (Å²) >= 11 is 0. The van der Waals surface area contributed by atoms with E-state index < -0.39 is 10.0 Å². The lowest BCUT2D eigenvalue weighted by Crippen LogP contribution is -2.27. The van der Waals surface area contributed by atoms with Gasteiger partial charge in [-0.2, -0.15) is 5.10 Å². The van der Waals surface area contributed by atoms with Gasteiger partial charge in [0.1, 0.15) is 0 Å². The van der Waals surface area contributed by atoms with Crippen molar-refractivity contribution in [2.45, 2.75) is 18.4 Å². The fraction of sp³-hybridized carbons (Fsp3) is 0.231. The normalized spacial score (nSPS) is 11.3. The molecular formula is C13H16N4O3S. The molecule has 1 heterocycles. The van der Waals surface area contributed by atoms with Crippen LogP contribution < -0.4 is 10.5 Å². The van der Waals surface area contributed by atoms with Gasteiger partial charge in [-0.05, 0) is 37.3 Å². The van der Waals surface area contributed by atoms with Gasteiger partial charge >= 0.3 is 0 Å². The molecule has 112 valence electrons. The highest BCUT2D eigenvalue weighted by atomic mass is 32.2. The first kappa shape index (κ1) is 15.2. The Morgan fingerprint density at radius 3 is 2.48 bits per heavy atom. The van der Waals surface area contributed by atoms with Crippen molar-refractivity contribution < 1.29 is 13.2 Å². The van der Waals surface area contributed by atoms with Crippen molar-refractivity contribution in [3.8, 4) is 0 Å². The molecule has 0 aliphatic rings. The molecule has 1 amide bonds. The maximum absolute atomic E-state index is 11.9. The van der Waals surface area contributed by atoms with E-state index >= 15 is 0 Å². The van der Waals surface area contributed by atoms with Gasteiger partial charge in [0, 0.05) is 18.3 Å². The number of carbonyl (C=O) groups excluding carboxylic acids is 1. The summed E-state index contributed by atoms with van der Waals surface area (Å²) in [6.07, 6.45) is 1.84. The second-order valence-corrected chi connectivity index (χ2v) is 6.11. The molecule has 0 saturated carbocycles. The van der Waals surface area contributed by atoms with Crippen molar-refractivity contribution in [3.05, 3.63) is 47.8 Å². The molecule has 0 aliphatic carbocycles. The van der Waals surface area contributed by atoms with Gasteiger partial charge in [0.2, 0.25) is 10.0 Å². The highest BCUT2D eigenvalue weighted by Crippen LogP contribution is 2.08. The Balaban J connectivity index is 1.91. The predicted octanol–water partition coefficient (Wildman–Crippen LogP) is 0.269. The summed E-state index contributed by atoms with van der Waals surface area (Å²) in [5, 5.41) is 11.9. The Kier molecular flexibility index (Phi) is 4.39. The fourth-order valence-corrected chi connectivity index (χ4v) is 2.29. The predicted molar refractivity (Wildman–Crippen MR) is 77.1 cm³/mol. The Morgan fingerprint density at radius 2 is 1.95 bits per heavy atom. The van der Waals surface area contributed by atoms with Gasteiger partial charge in [0.15, 0.2) is 0 Å². The molecule has 0 fully saturated rings. The van der Waals surface area contributed by atoms with Crippen LogP contribution in [0.5, 0.6) is 0 Å². The second-order valence-electron chi connectivity index (χ2n) is 4.55. The zero-order valence-corrected chi connectivity index (χ0v) is 12.3. The zero-order chi connectivity index (χ0) is 15.5. The lowest BCUT2D eigenvalue weighted by molar-refractivity contribution is 0.0952. The number of hydrogen-bond acceptors (Lipinski definition) is 4. The Hall–Kier alpha value is -2.19. The van der Waals surface area contributed by atoms with Crippen LogP contribution in [-0.2, 0) is 16.6 Å². The van der Waals surface area contributed by atoms with Gasteiger partial charge in [-0.25, -0.2) is 13.6 Å². The number of amides is 1. The number of primary sulfonamides is 1. The highest BCUT2D eigenvalue weighted by Gasteiger charge is 2.09. The zero-order valence-electron chi connectivity index (χ0n) is 11.5. The number of nitrogens with one attached hydrogen (secondary N) is 1. The maximum Gasteiger partial charge on any atom is 0.251 e. The molecular weight excluding hydrogens is 292 g/mol. The summed E-state index contributed by atoms with van der Waals surface area (Å²) < 4.78 is 24.0. The molecule has 0 saturated heterocycles. The third-order valence-corrected chi connectivity index (χ3v) is 3.77. The van der Waals surface area contributed by atoms with Crippen molar-refractivity contribution in [1.29, 1.82) is 0 Å². The quantitative estimate of drug-likeness (QED) is 0.826. The molecule has 0 spiro atoms. The third kappa shape index (κ3) is 4.14. The monoisotopic (exact) mass is 308 g/mol. The van der Waals surface area contributed by atoms with Crippen LogP contribution in [0.3, 0.4) is 0 Å². The number of benzene rings is 1. The molecule has 0 atom stereocenters. The Labute approximate surface area is 122 Å². The first-order valence-corrected chi connectivity index (χ1v) is 7.82. The molecule has 3 N–H and O–H groups in total. The van der Waals surface area contributed by atoms with Crippen molar-refractivity contribution in [1.82, 2.24) is 15.1 Å². The molecule has 21 heavy (non-hydrogen) atoms. The lowest BCUT2D eigenvalue weighted by atomic mass is 10.2. The van der Waals surface area contributed by atoms with E-state index in [9.17, 15) is 13.2 Å². The van der Waals surface area contributed by atoms with Gasteiger partial charge in [0.25, 0.3) is 5.91 Å². The summed E-state index contributed by atoms with van der Waals surface area (Å²) in [5.41, 5.74) is 1.29. The van der Waals surface area contributed by atoms with Gasteiger partial charge in [0.05, 0.1) is 17.1 Å². The van der Waals surface area contributed by atoms with E-state index in [1.54, 1.807) is 4.68 Å². The van der Waals surface area contributed by atoms with Gasteiger partial charge in [-0.3, -0.25) is 9.48 Å². The summed E-state index contributed by atoms with van der Waals surface area (Å²) in [7, 11) is -3.74. The van der Waals surface area contributed by atoms with E-state index in [4.69, 9.17) is 5.14 Å². The first-order chi connectivity index (χ1) is 9.86. The van der Waals surface area contributed by atoms with E-state index in [-0.39, 0.29) is 10.8 Å². The second kappa shape index (κ2) is 6.06. The molecule has 7 nitrogen and oxygen atoms in total. The minimum Gasteiger partial charge on any atom is -0.350 e. The van der Waals surface area contributed by atoms with E-state index in [0.29, 0.717) is 18.7 Å². The number of hydrogen-bond donors (Lipinski definition) is 2. The molecule has 0 unspecified atom stereocenters. The van der Waals surface area contributed by atoms with Crippen LogP contribution >= 0.6 is 0 Å².